The van der Waals surface area contributed by atoms with E-state index < -0.39 is 34.7 Å². The number of amides is 2. The number of hydrogen-bond acceptors (Lipinski definition) is 13. The highest BCUT2D eigenvalue weighted by molar-refractivity contribution is 6.03. The summed E-state index contributed by atoms with van der Waals surface area (Å²) in [6, 6.07) is 25.8. The maximum absolute atomic E-state index is 15.5. The third-order valence-electron chi connectivity index (χ3n) is 15.9. The summed E-state index contributed by atoms with van der Waals surface area (Å²) in [5.41, 5.74) is 4.41. The number of fused-ring (bicyclic) bond motifs is 3. The van der Waals surface area contributed by atoms with Gasteiger partial charge in [0, 0.05) is 62.4 Å². The van der Waals surface area contributed by atoms with Crippen LogP contribution in [0.2, 0.25) is 0 Å². The number of nitrogens with one attached hydrogen (secondary N) is 1. The number of non-ortho nitro benzene ring substituents is 1. The molecule has 4 aliphatic rings. The highest BCUT2D eigenvalue weighted by Gasteiger charge is 2.65. The van der Waals surface area contributed by atoms with Crippen molar-refractivity contribution in [2.24, 2.45) is 22.9 Å². The van der Waals surface area contributed by atoms with Gasteiger partial charge in [0.1, 0.15) is 24.1 Å². The monoisotopic (exact) mass is 1100 g/mol. The molecule has 1 fully saturated rings. The lowest BCUT2D eigenvalue weighted by atomic mass is 9.55. The Hall–Kier alpha value is -7.01. The SMILES string of the molecule is C=CCO[C@@]12Oc3ccc(OC(=O)NCCCCCCCCCCCC)cc3[C@H]3[C@H](CCCCO)[C@@H](CCCCO)C=C(C(=NOCc4ccccc4)C[C@@H]1N(Cc1ccc4c(c1)OCO4)C(=O)C=Cc1ccc([N+](=O)[O-])cc1)[C@H]32. The molecule has 2 amide bonds. The van der Waals surface area contributed by atoms with Gasteiger partial charge in [0.05, 0.1) is 23.2 Å². The Balaban J connectivity index is 1.22. The van der Waals surface area contributed by atoms with Crippen molar-refractivity contribution < 1.29 is 53.2 Å². The van der Waals surface area contributed by atoms with Gasteiger partial charge < -0.3 is 49.0 Å². The van der Waals surface area contributed by atoms with Gasteiger partial charge >= 0.3 is 6.09 Å². The molecule has 0 bridgehead atoms. The zero-order valence-electron chi connectivity index (χ0n) is 46.4. The van der Waals surface area contributed by atoms with Gasteiger partial charge in [-0.2, -0.15) is 0 Å². The number of ether oxygens (including phenoxy) is 5. The van der Waals surface area contributed by atoms with Gasteiger partial charge in [-0.25, -0.2) is 4.79 Å². The quantitative estimate of drug-likeness (QED) is 0.0138. The molecular weight excluding hydrogens is 1020 g/mol. The van der Waals surface area contributed by atoms with Crippen LogP contribution in [-0.2, 0) is 27.5 Å². The molecule has 16 nitrogen and oxygen atoms in total. The predicted molar refractivity (Wildman–Crippen MR) is 307 cm³/mol. The topological polar surface area (TPSA) is 201 Å². The highest BCUT2D eigenvalue weighted by atomic mass is 16.7. The predicted octanol–water partition coefficient (Wildman–Crippen LogP) is 12.9. The lowest BCUT2D eigenvalue weighted by Gasteiger charge is -2.60. The minimum absolute atomic E-state index is 0.0251. The number of hydrogen-bond donors (Lipinski definition) is 3. The molecule has 6 atom stereocenters. The minimum Gasteiger partial charge on any atom is -0.459 e. The molecule has 4 aromatic rings. The lowest BCUT2D eigenvalue weighted by Crippen LogP contribution is -2.70. The summed E-state index contributed by atoms with van der Waals surface area (Å²) < 4.78 is 32.3. The van der Waals surface area contributed by atoms with Crippen LogP contribution >= 0.6 is 0 Å². The first-order valence-corrected chi connectivity index (χ1v) is 29.0. The number of oxime groups is 1. The number of nitro groups is 1. The van der Waals surface area contributed by atoms with E-state index in [9.17, 15) is 25.1 Å². The van der Waals surface area contributed by atoms with Crippen molar-refractivity contribution in [3.05, 3.63) is 154 Å². The van der Waals surface area contributed by atoms with Crippen LogP contribution in [0.5, 0.6) is 23.0 Å². The average Bonchev–Trinajstić information content (AvgIpc) is 4.07. The van der Waals surface area contributed by atoms with E-state index in [0.717, 1.165) is 54.4 Å². The highest BCUT2D eigenvalue weighted by Crippen LogP contribution is 2.62. The van der Waals surface area contributed by atoms with Crippen molar-refractivity contribution in [3.8, 4) is 23.0 Å². The molecule has 2 aliphatic heterocycles. The van der Waals surface area contributed by atoms with Gasteiger partial charge in [-0.05, 0) is 115 Å². The van der Waals surface area contributed by atoms with Crippen LogP contribution in [0.3, 0.4) is 0 Å². The van der Waals surface area contributed by atoms with Crippen LogP contribution in [0.25, 0.3) is 6.08 Å². The molecule has 16 heteroatoms. The molecular formula is C64H80N4O12. The van der Waals surface area contributed by atoms with Crippen molar-refractivity contribution in [3.63, 3.8) is 0 Å². The number of carbonyl (C=O) groups excluding carboxylic acids is 2. The number of allylic oxidation sites excluding steroid dienone is 1. The third-order valence-corrected chi connectivity index (χ3v) is 15.9. The molecule has 3 N–H and O–H groups in total. The van der Waals surface area contributed by atoms with E-state index >= 15 is 4.79 Å². The second kappa shape index (κ2) is 30.0. The number of nitro benzene ring substituents is 1. The van der Waals surface area contributed by atoms with Crippen LogP contribution in [-0.4, -0.2) is 82.7 Å². The van der Waals surface area contributed by atoms with Crippen molar-refractivity contribution in [1.29, 1.82) is 0 Å². The van der Waals surface area contributed by atoms with Crippen LogP contribution in [0.15, 0.2) is 127 Å². The van der Waals surface area contributed by atoms with Gasteiger partial charge in [0.2, 0.25) is 18.5 Å². The molecule has 0 saturated heterocycles. The summed E-state index contributed by atoms with van der Waals surface area (Å²) in [7, 11) is 0. The average molecular weight is 1100 g/mol. The number of carbonyl (C=O) groups is 2. The number of benzene rings is 4. The summed E-state index contributed by atoms with van der Waals surface area (Å²) in [5, 5.41) is 39.8. The minimum atomic E-state index is -1.61. The van der Waals surface area contributed by atoms with Crippen LogP contribution in [0.4, 0.5) is 10.5 Å². The van der Waals surface area contributed by atoms with Crippen LogP contribution < -0.4 is 24.3 Å². The Labute approximate surface area is 471 Å². The first-order chi connectivity index (χ1) is 39.2. The van der Waals surface area contributed by atoms with E-state index in [2.05, 4.69) is 24.9 Å². The summed E-state index contributed by atoms with van der Waals surface area (Å²) in [6.45, 7) is 7.22. The van der Waals surface area contributed by atoms with Gasteiger partial charge in [-0.15, -0.1) is 6.58 Å². The largest absolute Gasteiger partial charge is 0.459 e. The number of aliphatic hydroxyl groups excluding tert-OH is 2. The molecule has 8 rings (SSSR count). The van der Waals surface area contributed by atoms with Crippen molar-refractivity contribution in [1.82, 2.24) is 10.2 Å². The maximum atomic E-state index is 15.5. The van der Waals surface area contributed by atoms with E-state index in [0.29, 0.717) is 66.5 Å². The first kappa shape index (κ1) is 59.1. The fourth-order valence-corrected chi connectivity index (χ4v) is 12.0. The number of nitrogens with zero attached hydrogens (tertiary/aromatic N) is 3. The normalized spacial score (nSPS) is 21.0. The Bertz CT molecular complexity index is 2770. The fourth-order valence-electron chi connectivity index (χ4n) is 12.0. The fraction of sp³-hybridized carbons (Fsp3) is 0.484. The van der Waals surface area contributed by atoms with Gasteiger partial charge in [-0.1, -0.05) is 131 Å². The van der Waals surface area contributed by atoms with E-state index in [1.165, 1.54) is 63.2 Å². The van der Waals surface area contributed by atoms with E-state index in [1.54, 1.807) is 35.3 Å². The van der Waals surface area contributed by atoms with Gasteiger partial charge in [0.15, 0.2) is 11.5 Å². The third kappa shape index (κ3) is 15.3. The second-order valence-electron chi connectivity index (χ2n) is 21.4. The van der Waals surface area contributed by atoms with E-state index in [1.807, 2.05) is 60.7 Å². The summed E-state index contributed by atoms with van der Waals surface area (Å²) in [6.07, 6.45) is 22.6. The Morgan fingerprint density at radius 1 is 0.838 bits per heavy atom. The van der Waals surface area contributed by atoms with Crippen LogP contribution in [0.1, 0.15) is 144 Å². The van der Waals surface area contributed by atoms with Crippen molar-refractivity contribution >= 4 is 29.5 Å². The van der Waals surface area contributed by atoms with Crippen molar-refractivity contribution in [2.45, 2.75) is 147 Å². The molecule has 2 heterocycles. The molecule has 1 saturated carbocycles. The second-order valence-corrected chi connectivity index (χ2v) is 21.4. The number of unbranched alkanes of at least 4 members (excludes halogenated alkanes) is 11. The van der Waals surface area contributed by atoms with E-state index in [-0.39, 0.29) is 69.6 Å². The summed E-state index contributed by atoms with van der Waals surface area (Å²) >= 11 is 0. The van der Waals surface area contributed by atoms with Gasteiger partial charge in [0.25, 0.3) is 5.69 Å². The molecule has 4 aromatic carbocycles. The summed E-state index contributed by atoms with van der Waals surface area (Å²) in [5.74, 6) is -1.21. The molecule has 0 aromatic heterocycles. The van der Waals surface area contributed by atoms with Crippen LogP contribution in [0, 0.1) is 27.9 Å². The summed E-state index contributed by atoms with van der Waals surface area (Å²) in [4.78, 5) is 48.1. The molecule has 2 aliphatic carbocycles. The molecule has 428 valence electrons. The van der Waals surface area contributed by atoms with Crippen molar-refractivity contribution in [2.75, 3.05) is 33.2 Å². The zero-order valence-corrected chi connectivity index (χ0v) is 46.4. The number of aliphatic hydroxyl groups is 2. The standard InChI is InChI=1S/C64H80N4O12/c1-3-5-6-7-8-9-10-11-12-18-35-65-63(72)79-51-31-33-56-54(41-51)61-52(24-17-20-37-70)49(23-16-19-36-69)40-53-55(66-78-44-47-21-14-13-15-22-47)42-59(64(80-56,62(53)61)77-38-4-2)67(43-48-27-32-57-58(39-48)76-45-75-57)60(71)34-28-46-25-29-50(30-26-46)68(73)74/h4,13-15,21-22,25-34,39-41,49,52,59,61-62,69-70H,2-3,5-12,16-20,23-24,35-38,42-45H2,1H3,(H,65,72)/t49-,52+,59-,61+,62+,64+/m0/s1. The Kier molecular flexibility index (Phi) is 22.2. The lowest BCUT2D eigenvalue weighted by molar-refractivity contribution is -0.384. The van der Waals surface area contributed by atoms with Gasteiger partial charge in [-0.3, -0.25) is 14.9 Å². The smallest absolute Gasteiger partial charge is 0.412 e. The zero-order chi connectivity index (χ0) is 56.1. The Morgan fingerprint density at radius 2 is 1.55 bits per heavy atom. The Morgan fingerprint density at radius 3 is 2.27 bits per heavy atom. The molecule has 0 spiro atoms. The molecule has 0 unspecified atom stereocenters. The first-order valence-electron chi connectivity index (χ1n) is 29.0. The van der Waals surface area contributed by atoms with E-state index in [4.69, 9.17) is 33.7 Å². The molecule has 0 radical (unpaired) electrons. The number of rotatable bonds is 32. The molecule has 80 heavy (non-hydrogen) atoms. The maximum Gasteiger partial charge on any atom is 0.412 e.